The first-order chi connectivity index (χ1) is 7.69. The quantitative estimate of drug-likeness (QED) is 0.481. The lowest BCUT2D eigenvalue weighted by atomic mass is 10.3. The molecular formula is C8H6F4O4S. The molecule has 1 aromatic carbocycles. The Balaban J connectivity index is 3.21. The van der Waals surface area contributed by atoms with Crippen LogP contribution in [0.4, 0.5) is 17.6 Å². The molecule has 0 bridgehead atoms. The van der Waals surface area contributed by atoms with Crippen molar-refractivity contribution in [2.24, 2.45) is 0 Å². The Hall–Kier alpha value is -1.51. The summed E-state index contributed by atoms with van der Waals surface area (Å²) in [7, 11) is -4.90. The molecule has 0 amide bonds. The second-order valence-electron chi connectivity index (χ2n) is 2.75. The predicted molar refractivity (Wildman–Crippen MR) is 48.6 cm³/mol. The van der Waals surface area contributed by atoms with Crippen LogP contribution in [0.5, 0.6) is 11.5 Å². The summed E-state index contributed by atoms with van der Waals surface area (Å²) in [6.45, 7) is 0. The van der Waals surface area contributed by atoms with Crippen molar-refractivity contribution in [2.45, 2.75) is 5.51 Å². The second kappa shape index (κ2) is 4.40. The molecule has 17 heavy (non-hydrogen) atoms. The highest BCUT2D eigenvalue weighted by atomic mass is 32.2. The monoisotopic (exact) mass is 274 g/mol. The van der Waals surface area contributed by atoms with Gasteiger partial charge in [0.1, 0.15) is 0 Å². The van der Waals surface area contributed by atoms with Crippen molar-refractivity contribution >= 4 is 10.1 Å². The molecule has 9 heteroatoms. The van der Waals surface area contributed by atoms with E-state index in [9.17, 15) is 26.0 Å². The largest absolute Gasteiger partial charge is 0.534 e. The summed E-state index contributed by atoms with van der Waals surface area (Å²) in [4.78, 5) is 0. The van der Waals surface area contributed by atoms with Crippen LogP contribution in [-0.2, 0) is 10.1 Å². The summed E-state index contributed by atoms with van der Waals surface area (Å²) >= 11 is 0. The molecule has 0 saturated heterocycles. The summed E-state index contributed by atoms with van der Waals surface area (Å²) < 4.78 is 78.6. The zero-order valence-corrected chi connectivity index (χ0v) is 9.10. The lowest BCUT2D eigenvalue weighted by Crippen LogP contribution is -2.28. The van der Waals surface area contributed by atoms with Gasteiger partial charge in [0, 0.05) is 0 Å². The van der Waals surface area contributed by atoms with Crippen LogP contribution in [0.3, 0.4) is 0 Å². The van der Waals surface area contributed by atoms with Gasteiger partial charge in [-0.1, -0.05) is 6.07 Å². The molecule has 0 radical (unpaired) electrons. The van der Waals surface area contributed by atoms with E-state index in [4.69, 9.17) is 0 Å². The van der Waals surface area contributed by atoms with Gasteiger partial charge in [0.15, 0.2) is 11.6 Å². The van der Waals surface area contributed by atoms with E-state index in [1.807, 2.05) is 0 Å². The van der Waals surface area contributed by atoms with Gasteiger partial charge in [-0.25, -0.2) is 4.39 Å². The van der Waals surface area contributed by atoms with Crippen molar-refractivity contribution in [3.8, 4) is 11.5 Å². The number of hydrogen-bond acceptors (Lipinski definition) is 4. The SMILES string of the molecule is COc1cccc(F)c1OS(=O)(=O)C(F)(F)F. The number of rotatable bonds is 3. The Kier molecular flexibility index (Phi) is 3.51. The Bertz CT molecular complexity index is 509. The molecule has 96 valence electrons. The molecule has 0 saturated carbocycles. The average molecular weight is 274 g/mol. The molecule has 1 aromatic rings. The fraction of sp³-hybridized carbons (Fsp3) is 0.250. The van der Waals surface area contributed by atoms with Gasteiger partial charge in [-0.2, -0.15) is 21.6 Å². The van der Waals surface area contributed by atoms with Crippen LogP contribution in [0.25, 0.3) is 0 Å². The van der Waals surface area contributed by atoms with Gasteiger partial charge in [-0.05, 0) is 12.1 Å². The molecular weight excluding hydrogens is 268 g/mol. The van der Waals surface area contributed by atoms with Crippen molar-refractivity contribution in [3.63, 3.8) is 0 Å². The predicted octanol–water partition coefficient (Wildman–Crippen LogP) is 2.06. The molecule has 4 nitrogen and oxygen atoms in total. The minimum Gasteiger partial charge on any atom is -0.493 e. The third-order valence-corrected chi connectivity index (χ3v) is 2.58. The highest BCUT2D eigenvalue weighted by Crippen LogP contribution is 2.34. The van der Waals surface area contributed by atoms with Crippen molar-refractivity contribution in [3.05, 3.63) is 24.0 Å². The third-order valence-electron chi connectivity index (χ3n) is 1.63. The molecule has 0 aliphatic carbocycles. The van der Waals surface area contributed by atoms with Crippen LogP contribution in [0.2, 0.25) is 0 Å². The number of alkyl halides is 3. The number of hydrogen-bond donors (Lipinski definition) is 0. The molecule has 0 fully saturated rings. The van der Waals surface area contributed by atoms with Gasteiger partial charge < -0.3 is 8.92 Å². The number of benzene rings is 1. The minimum absolute atomic E-state index is 0.460. The molecule has 0 aliphatic rings. The van der Waals surface area contributed by atoms with Crippen molar-refractivity contribution < 1.29 is 34.9 Å². The Morgan fingerprint density at radius 3 is 2.29 bits per heavy atom. The Morgan fingerprint density at radius 2 is 1.82 bits per heavy atom. The van der Waals surface area contributed by atoms with E-state index < -0.39 is 32.9 Å². The first-order valence-electron chi connectivity index (χ1n) is 4.02. The van der Waals surface area contributed by atoms with E-state index in [2.05, 4.69) is 8.92 Å². The summed E-state index contributed by atoms with van der Waals surface area (Å²) in [5, 5.41) is 0. The molecule has 0 aromatic heterocycles. The van der Waals surface area contributed by atoms with Crippen LogP contribution in [0, 0.1) is 5.82 Å². The van der Waals surface area contributed by atoms with E-state index in [0.29, 0.717) is 0 Å². The summed E-state index contributed by atoms with van der Waals surface area (Å²) in [6, 6.07) is 2.93. The summed E-state index contributed by atoms with van der Waals surface area (Å²) in [5.41, 5.74) is -5.64. The van der Waals surface area contributed by atoms with E-state index in [0.717, 1.165) is 25.3 Å². The van der Waals surface area contributed by atoms with Crippen LogP contribution >= 0.6 is 0 Å². The van der Waals surface area contributed by atoms with E-state index in [1.54, 1.807) is 0 Å². The maximum absolute atomic E-state index is 13.1. The number of halogens is 4. The van der Waals surface area contributed by atoms with Crippen molar-refractivity contribution in [2.75, 3.05) is 7.11 Å². The fourth-order valence-corrected chi connectivity index (χ4v) is 1.36. The first kappa shape index (κ1) is 13.6. The normalized spacial score (nSPS) is 12.3. The first-order valence-corrected chi connectivity index (χ1v) is 5.43. The topological polar surface area (TPSA) is 52.6 Å². The maximum Gasteiger partial charge on any atom is 0.534 e. The van der Waals surface area contributed by atoms with Gasteiger partial charge >= 0.3 is 15.6 Å². The average Bonchev–Trinajstić information content (AvgIpc) is 2.19. The number of para-hydroxylation sites is 1. The lowest BCUT2D eigenvalue weighted by Gasteiger charge is -2.12. The summed E-state index contributed by atoms with van der Waals surface area (Å²) in [6.07, 6.45) is 0. The Labute approximate surface area is 93.9 Å². The highest BCUT2D eigenvalue weighted by Gasteiger charge is 2.49. The molecule has 0 heterocycles. The standard InChI is InChI=1S/C8H6F4O4S/c1-15-6-4-2-3-5(9)7(6)16-17(13,14)8(10,11)12/h2-4H,1H3. The number of methoxy groups -OCH3 is 1. The van der Waals surface area contributed by atoms with E-state index in [1.165, 1.54) is 0 Å². The second-order valence-corrected chi connectivity index (χ2v) is 4.29. The highest BCUT2D eigenvalue weighted by molar-refractivity contribution is 7.88. The van der Waals surface area contributed by atoms with Crippen molar-refractivity contribution in [1.29, 1.82) is 0 Å². The molecule has 0 aliphatic heterocycles. The van der Waals surface area contributed by atoms with Crippen LogP contribution in [-0.4, -0.2) is 21.0 Å². The van der Waals surface area contributed by atoms with Crippen LogP contribution < -0.4 is 8.92 Å². The summed E-state index contributed by atoms with van der Waals surface area (Å²) in [5.74, 6) is -2.87. The molecule has 0 N–H and O–H groups in total. The van der Waals surface area contributed by atoms with Gasteiger partial charge in [0.25, 0.3) is 0 Å². The molecule has 0 spiro atoms. The van der Waals surface area contributed by atoms with Gasteiger partial charge in [-0.15, -0.1) is 0 Å². The fourth-order valence-electron chi connectivity index (χ4n) is 0.888. The number of ether oxygens (including phenoxy) is 1. The van der Waals surface area contributed by atoms with Gasteiger partial charge in [-0.3, -0.25) is 0 Å². The minimum atomic E-state index is -5.93. The van der Waals surface area contributed by atoms with Gasteiger partial charge in [0.05, 0.1) is 7.11 Å². The Morgan fingerprint density at radius 1 is 1.24 bits per heavy atom. The van der Waals surface area contributed by atoms with Crippen molar-refractivity contribution in [1.82, 2.24) is 0 Å². The van der Waals surface area contributed by atoms with Crippen LogP contribution in [0.15, 0.2) is 18.2 Å². The zero-order valence-electron chi connectivity index (χ0n) is 8.29. The molecule has 0 atom stereocenters. The maximum atomic E-state index is 13.1. The smallest absolute Gasteiger partial charge is 0.493 e. The third kappa shape index (κ3) is 2.78. The lowest BCUT2D eigenvalue weighted by molar-refractivity contribution is -0.0501. The van der Waals surface area contributed by atoms with E-state index in [-0.39, 0.29) is 0 Å². The van der Waals surface area contributed by atoms with Crippen LogP contribution in [0.1, 0.15) is 0 Å². The molecule has 1 rings (SSSR count). The zero-order chi connectivity index (χ0) is 13.3. The van der Waals surface area contributed by atoms with E-state index >= 15 is 0 Å². The van der Waals surface area contributed by atoms with Gasteiger partial charge in [0.2, 0.25) is 5.75 Å². The molecule has 0 unspecified atom stereocenters.